The zero-order valence-corrected chi connectivity index (χ0v) is 12.6. The highest BCUT2D eigenvalue weighted by molar-refractivity contribution is 5.97. The minimum absolute atomic E-state index is 0.0622. The first kappa shape index (κ1) is 16.3. The summed E-state index contributed by atoms with van der Waals surface area (Å²) in [6, 6.07) is 6.41. The minimum Gasteiger partial charge on any atom is -0.451 e. The van der Waals surface area contributed by atoms with Gasteiger partial charge in [0.25, 0.3) is 5.91 Å². The normalized spacial score (nSPS) is 11.6. The average Bonchev–Trinajstić information content (AvgIpc) is 3.00. The largest absolute Gasteiger partial charge is 0.451 e. The van der Waals surface area contributed by atoms with Crippen molar-refractivity contribution < 1.29 is 19.1 Å². The maximum absolute atomic E-state index is 12.0. The van der Waals surface area contributed by atoms with E-state index in [0.29, 0.717) is 11.3 Å². The molecule has 1 heterocycles. The van der Waals surface area contributed by atoms with Crippen molar-refractivity contribution >= 4 is 23.3 Å². The van der Waals surface area contributed by atoms with E-state index in [1.165, 1.54) is 24.9 Å². The molecule has 0 aliphatic heterocycles. The molecule has 2 rings (SSSR count). The number of benzene rings is 1. The lowest BCUT2D eigenvalue weighted by Gasteiger charge is -2.13. The molecule has 1 N–H and O–H groups in total. The molecule has 0 bridgehead atoms. The van der Waals surface area contributed by atoms with Crippen molar-refractivity contribution in [3.05, 3.63) is 36.2 Å². The number of ketones is 1. The minimum atomic E-state index is -0.980. The monoisotopic (exact) mass is 317 g/mol. The number of Topliss-reactive ketones (excluding diaryl/α,β-unsaturated/α-hetero) is 1. The summed E-state index contributed by atoms with van der Waals surface area (Å²) >= 11 is 0. The molecule has 0 radical (unpaired) electrons. The maximum Gasteiger partial charge on any atom is 0.328 e. The Morgan fingerprint density at radius 3 is 2.52 bits per heavy atom. The summed E-state index contributed by atoms with van der Waals surface area (Å²) in [5.41, 5.74) is 1.05. The fraction of sp³-hybridized carbons (Fsp3) is 0.286. The van der Waals surface area contributed by atoms with Gasteiger partial charge in [-0.1, -0.05) is 0 Å². The lowest BCUT2D eigenvalue weighted by atomic mass is 10.1. The predicted octanol–water partition coefficient (Wildman–Crippen LogP) is 0.446. The third-order valence-electron chi connectivity index (χ3n) is 2.92. The van der Waals surface area contributed by atoms with Crippen molar-refractivity contribution in [2.75, 3.05) is 5.32 Å². The Labute approximate surface area is 131 Å². The number of hydrogen-bond acceptors (Lipinski definition) is 7. The van der Waals surface area contributed by atoms with E-state index in [4.69, 9.17) is 4.74 Å². The van der Waals surface area contributed by atoms with Crippen molar-refractivity contribution in [1.29, 1.82) is 0 Å². The lowest BCUT2D eigenvalue weighted by Crippen LogP contribution is -2.31. The predicted molar refractivity (Wildman–Crippen MR) is 78.4 cm³/mol. The summed E-state index contributed by atoms with van der Waals surface area (Å²) in [6.07, 6.45) is 0.286. The molecule has 2 aromatic rings. The standard InChI is InChI=1S/C14H15N5O4/c1-9(20)11-3-5-12(6-4-11)16-14(22)10(2)23-13(21)7-19-8-15-17-18-19/h3-6,8,10H,7H2,1-2H3,(H,16,22)/t10-/m0/s1. The van der Waals surface area contributed by atoms with Gasteiger partial charge in [-0.25, -0.2) is 4.68 Å². The molecule has 1 aromatic heterocycles. The maximum atomic E-state index is 12.0. The Morgan fingerprint density at radius 1 is 1.26 bits per heavy atom. The van der Waals surface area contributed by atoms with Crippen LogP contribution in [-0.2, 0) is 20.9 Å². The number of nitrogens with zero attached hydrogens (tertiary/aromatic N) is 4. The molecule has 1 amide bonds. The number of amides is 1. The molecule has 0 fully saturated rings. The molecule has 0 unspecified atom stereocenters. The van der Waals surface area contributed by atoms with Crippen LogP contribution in [0.3, 0.4) is 0 Å². The summed E-state index contributed by atoms with van der Waals surface area (Å²) in [6.45, 7) is 2.73. The number of nitrogens with one attached hydrogen (secondary N) is 1. The van der Waals surface area contributed by atoms with Crippen LogP contribution in [0.25, 0.3) is 0 Å². The molecule has 1 aromatic carbocycles. The molecule has 0 aliphatic rings. The van der Waals surface area contributed by atoms with Crippen molar-refractivity contribution in [3.63, 3.8) is 0 Å². The number of carbonyl (C=O) groups is 3. The second-order valence-corrected chi connectivity index (χ2v) is 4.76. The quantitative estimate of drug-likeness (QED) is 0.607. The SMILES string of the molecule is CC(=O)c1ccc(NC(=O)[C@H](C)OC(=O)Cn2cnnn2)cc1. The van der Waals surface area contributed by atoms with Crippen molar-refractivity contribution in [2.24, 2.45) is 0 Å². The van der Waals surface area contributed by atoms with Crippen molar-refractivity contribution in [1.82, 2.24) is 20.2 Å². The van der Waals surface area contributed by atoms with Gasteiger partial charge in [0.15, 0.2) is 11.9 Å². The molecule has 0 saturated carbocycles. The number of hydrogen-bond donors (Lipinski definition) is 1. The molecule has 0 spiro atoms. The van der Waals surface area contributed by atoms with Crippen LogP contribution in [0.4, 0.5) is 5.69 Å². The van der Waals surface area contributed by atoms with Gasteiger partial charge >= 0.3 is 5.97 Å². The topological polar surface area (TPSA) is 116 Å². The average molecular weight is 317 g/mol. The van der Waals surface area contributed by atoms with E-state index < -0.39 is 18.0 Å². The van der Waals surface area contributed by atoms with Gasteiger partial charge in [-0.3, -0.25) is 14.4 Å². The van der Waals surface area contributed by atoms with Gasteiger partial charge in [-0.15, -0.1) is 5.10 Å². The third kappa shape index (κ3) is 4.70. The van der Waals surface area contributed by atoms with Gasteiger partial charge in [0.05, 0.1) is 0 Å². The van der Waals surface area contributed by atoms with Crippen LogP contribution < -0.4 is 5.32 Å². The second-order valence-electron chi connectivity index (χ2n) is 4.76. The van der Waals surface area contributed by atoms with Crippen LogP contribution in [0.15, 0.2) is 30.6 Å². The molecule has 9 nitrogen and oxygen atoms in total. The number of ether oxygens (including phenoxy) is 1. The molecule has 0 aliphatic carbocycles. The molecular formula is C14H15N5O4. The summed E-state index contributed by atoms with van der Waals surface area (Å²) in [5.74, 6) is -1.18. The van der Waals surface area contributed by atoms with Gasteiger partial charge in [0, 0.05) is 11.3 Å². The number of rotatable bonds is 6. The first-order chi connectivity index (χ1) is 11.0. The first-order valence-electron chi connectivity index (χ1n) is 6.78. The first-order valence-corrected chi connectivity index (χ1v) is 6.78. The van der Waals surface area contributed by atoms with Crippen molar-refractivity contribution in [3.8, 4) is 0 Å². The number of anilines is 1. The van der Waals surface area contributed by atoms with Crippen LogP contribution in [0.5, 0.6) is 0 Å². The Kier molecular flexibility index (Phi) is 5.13. The number of carbonyl (C=O) groups excluding carboxylic acids is 3. The number of esters is 1. The Hall–Kier alpha value is -3.10. The van der Waals surface area contributed by atoms with Crippen LogP contribution in [-0.4, -0.2) is 44.0 Å². The fourth-order valence-electron chi connectivity index (χ4n) is 1.71. The number of tetrazole rings is 1. The van der Waals surface area contributed by atoms with Crippen LogP contribution in [0.1, 0.15) is 24.2 Å². The zero-order valence-electron chi connectivity index (χ0n) is 12.6. The van der Waals surface area contributed by atoms with E-state index in [1.807, 2.05) is 0 Å². The van der Waals surface area contributed by atoms with Gasteiger partial charge in [-0.05, 0) is 48.5 Å². The summed E-state index contributed by atoms with van der Waals surface area (Å²) < 4.78 is 6.19. The van der Waals surface area contributed by atoms with E-state index in [9.17, 15) is 14.4 Å². The second kappa shape index (κ2) is 7.25. The smallest absolute Gasteiger partial charge is 0.328 e. The molecule has 1 atom stereocenters. The van der Waals surface area contributed by atoms with E-state index in [0.717, 1.165) is 0 Å². The Bertz CT molecular complexity index is 696. The molecule has 120 valence electrons. The van der Waals surface area contributed by atoms with Gasteiger partial charge in [-0.2, -0.15) is 0 Å². The highest BCUT2D eigenvalue weighted by Crippen LogP contribution is 2.11. The summed E-state index contributed by atoms with van der Waals surface area (Å²) in [4.78, 5) is 34.8. The van der Waals surface area contributed by atoms with E-state index in [2.05, 4.69) is 20.8 Å². The van der Waals surface area contributed by atoms with Crippen LogP contribution in [0.2, 0.25) is 0 Å². The summed E-state index contributed by atoms with van der Waals surface area (Å²) in [5, 5.41) is 12.9. The highest BCUT2D eigenvalue weighted by atomic mass is 16.5. The van der Waals surface area contributed by atoms with E-state index in [-0.39, 0.29) is 12.3 Å². The Morgan fingerprint density at radius 2 is 1.96 bits per heavy atom. The van der Waals surface area contributed by atoms with E-state index >= 15 is 0 Å². The Balaban J connectivity index is 1.86. The lowest BCUT2D eigenvalue weighted by molar-refractivity contribution is -0.153. The fourth-order valence-corrected chi connectivity index (χ4v) is 1.71. The van der Waals surface area contributed by atoms with E-state index in [1.54, 1.807) is 24.3 Å². The van der Waals surface area contributed by atoms with Gasteiger partial charge in [0.1, 0.15) is 12.9 Å². The number of aromatic nitrogens is 4. The third-order valence-corrected chi connectivity index (χ3v) is 2.92. The van der Waals surface area contributed by atoms with Gasteiger partial charge < -0.3 is 10.1 Å². The highest BCUT2D eigenvalue weighted by Gasteiger charge is 2.18. The molecular weight excluding hydrogens is 302 g/mol. The zero-order chi connectivity index (χ0) is 16.8. The molecule has 0 saturated heterocycles. The van der Waals surface area contributed by atoms with Crippen LogP contribution in [0, 0.1) is 0 Å². The van der Waals surface area contributed by atoms with Gasteiger partial charge in [0.2, 0.25) is 0 Å². The molecule has 9 heteroatoms. The molecule has 23 heavy (non-hydrogen) atoms. The van der Waals surface area contributed by atoms with Crippen molar-refractivity contribution in [2.45, 2.75) is 26.5 Å². The van der Waals surface area contributed by atoms with Crippen LogP contribution >= 0.6 is 0 Å². The summed E-state index contributed by atoms with van der Waals surface area (Å²) in [7, 11) is 0.